The van der Waals surface area contributed by atoms with Gasteiger partial charge in [-0.15, -0.1) is 12.4 Å². The first-order valence-electron chi connectivity index (χ1n) is 10.0. The molecule has 158 valence electrons. The summed E-state index contributed by atoms with van der Waals surface area (Å²) in [6.45, 7) is 7.52. The van der Waals surface area contributed by atoms with Crippen LogP contribution in [0.3, 0.4) is 0 Å². The minimum absolute atomic E-state index is 0. The normalized spacial score (nSPS) is 15.7. The lowest BCUT2D eigenvalue weighted by Crippen LogP contribution is -2.47. The van der Waals surface area contributed by atoms with Gasteiger partial charge in [-0.25, -0.2) is 0 Å². The third-order valence-electron chi connectivity index (χ3n) is 5.27. The molecule has 0 unspecified atom stereocenters. The summed E-state index contributed by atoms with van der Waals surface area (Å²) in [4.78, 5) is 24.6. The molecular formula is C22H35ClN2O3. The van der Waals surface area contributed by atoms with E-state index in [1.807, 2.05) is 24.3 Å². The maximum atomic E-state index is 12.3. The minimum atomic E-state index is -0.0613. The van der Waals surface area contributed by atoms with E-state index in [2.05, 4.69) is 24.5 Å². The summed E-state index contributed by atoms with van der Waals surface area (Å²) in [5.41, 5.74) is 1.93. The van der Waals surface area contributed by atoms with Crippen molar-refractivity contribution >= 4 is 24.1 Å². The van der Waals surface area contributed by atoms with E-state index in [9.17, 15) is 9.59 Å². The molecule has 1 aromatic carbocycles. The molecule has 1 amide bonds. The maximum Gasteiger partial charge on any atom is 0.220 e. The van der Waals surface area contributed by atoms with Crippen LogP contribution in [0.25, 0.3) is 0 Å². The third-order valence-corrected chi connectivity index (χ3v) is 5.27. The molecule has 1 aliphatic heterocycles. The third kappa shape index (κ3) is 7.90. The number of carbonyl (C=O) groups excluding carboxylic acids is 2. The predicted octanol–water partition coefficient (Wildman–Crippen LogP) is 3.40. The number of ketones is 1. The number of halogens is 1. The van der Waals surface area contributed by atoms with Crippen LogP contribution in [0, 0.1) is 11.3 Å². The average Bonchev–Trinajstić information content (AvgIpc) is 2.65. The largest absolute Gasteiger partial charge is 0.384 e. The van der Waals surface area contributed by atoms with Gasteiger partial charge in [0.2, 0.25) is 5.91 Å². The highest BCUT2D eigenvalue weighted by Crippen LogP contribution is 2.28. The van der Waals surface area contributed by atoms with E-state index in [0.717, 1.165) is 32.4 Å². The van der Waals surface area contributed by atoms with Gasteiger partial charge in [-0.2, -0.15) is 0 Å². The van der Waals surface area contributed by atoms with Crippen LogP contribution in [0.5, 0.6) is 0 Å². The lowest BCUT2D eigenvalue weighted by Gasteiger charge is -2.37. The molecule has 0 spiro atoms. The van der Waals surface area contributed by atoms with Gasteiger partial charge in [0, 0.05) is 37.5 Å². The van der Waals surface area contributed by atoms with Gasteiger partial charge in [0.15, 0.2) is 5.78 Å². The van der Waals surface area contributed by atoms with Gasteiger partial charge >= 0.3 is 0 Å². The van der Waals surface area contributed by atoms with E-state index in [-0.39, 0.29) is 42.4 Å². The fourth-order valence-electron chi connectivity index (χ4n) is 3.68. The first kappa shape index (κ1) is 24.6. The summed E-state index contributed by atoms with van der Waals surface area (Å²) in [6, 6.07) is 7.78. The highest BCUT2D eigenvalue weighted by Gasteiger charge is 2.32. The average molecular weight is 411 g/mol. The molecular weight excluding hydrogens is 376 g/mol. The van der Waals surface area contributed by atoms with Crippen molar-refractivity contribution in [1.82, 2.24) is 10.6 Å². The second-order valence-electron chi connectivity index (χ2n) is 8.18. The highest BCUT2D eigenvalue weighted by molar-refractivity contribution is 5.97. The Hall–Kier alpha value is -1.43. The van der Waals surface area contributed by atoms with Gasteiger partial charge in [-0.05, 0) is 43.8 Å². The van der Waals surface area contributed by atoms with Gasteiger partial charge in [-0.3, -0.25) is 9.59 Å². The van der Waals surface area contributed by atoms with Crippen LogP contribution < -0.4 is 10.6 Å². The molecule has 6 heteroatoms. The summed E-state index contributed by atoms with van der Waals surface area (Å²) in [5, 5.41) is 6.36. The molecule has 0 aliphatic carbocycles. The number of benzene rings is 1. The van der Waals surface area contributed by atoms with Gasteiger partial charge in [-0.1, -0.05) is 38.1 Å². The predicted molar refractivity (Wildman–Crippen MR) is 115 cm³/mol. The monoisotopic (exact) mass is 410 g/mol. The van der Waals surface area contributed by atoms with E-state index >= 15 is 0 Å². The van der Waals surface area contributed by atoms with Crippen molar-refractivity contribution in [3.8, 4) is 0 Å². The molecule has 28 heavy (non-hydrogen) atoms. The molecule has 0 aromatic heterocycles. The van der Waals surface area contributed by atoms with Crippen LogP contribution in [0.4, 0.5) is 0 Å². The van der Waals surface area contributed by atoms with Crippen molar-refractivity contribution in [3.63, 3.8) is 0 Å². The zero-order valence-corrected chi connectivity index (χ0v) is 18.2. The van der Waals surface area contributed by atoms with Crippen molar-refractivity contribution in [1.29, 1.82) is 0 Å². The van der Waals surface area contributed by atoms with Crippen LogP contribution in [-0.4, -0.2) is 45.0 Å². The summed E-state index contributed by atoms with van der Waals surface area (Å²) in [7, 11) is 1.71. The minimum Gasteiger partial charge on any atom is -0.384 e. The SMILES string of the molecule is COCC1(CNC(=O)CCC(=O)c2ccc(CC(C)C)cc2)CCNCC1.Cl. The Morgan fingerprint density at radius 1 is 1.14 bits per heavy atom. The van der Waals surface area contributed by atoms with Gasteiger partial charge in [0.1, 0.15) is 0 Å². The number of hydrogen-bond acceptors (Lipinski definition) is 4. The second-order valence-corrected chi connectivity index (χ2v) is 8.18. The number of ether oxygens (including phenoxy) is 1. The quantitative estimate of drug-likeness (QED) is 0.580. The van der Waals surface area contributed by atoms with Crippen molar-refractivity contribution in [3.05, 3.63) is 35.4 Å². The second kappa shape index (κ2) is 12.2. The summed E-state index contributed by atoms with van der Waals surface area (Å²) in [5.74, 6) is 0.556. The molecule has 1 saturated heterocycles. The number of methoxy groups -OCH3 is 1. The number of piperidine rings is 1. The van der Waals surface area contributed by atoms with Crippen LogP contribution in [0.2, 0.25) is 0 Å². The molecule has 5 nitrogen and oxygen atoms in total. The van der Waals surface area contributed by atoms with Gasteiger partial charge in [0.05, 0.1) is 6.61 Å². The Kier molecular flexibility index (Phi) is 10.7. The van der Waals surface area contributed by atoms with E-state index in [4.69, 9.17) is 4.74 Å². The standard InChI is InChI=1S/C22H34N2O3.ClH/c1-17(2)14-18-4-6-19(7-5-18)20(25)8-9-21(26)24-15-22(16-27-3)10-12-23-13-11-22;/h4-7,17,23H,8-16H2,1-3H3,(H,24,26);1H. The number of rotatable bonds is 10. The first-order chi connectivity index (χ1) is 12.9. The van der Waals surface area contributed by atoms with Crippen molar-refractivity contribution in [2.75, 3.05) is 33.4 Å². The summed E-state index contributed by atoms with van der Waals surface area (Å²) < 4.78 is 5.37. The molecule has 1 fully saturated rings. The molecule has 1 aromatic rings. The molecule has 0 saturated carbocycles. The first-order valence-corrected chi connectivity index (χ1v) is 10.0. The van der Waals surface area contributed by atoms with Gasteiger partial charge in [0.25, 0.3) is 0 Å². The van der Waals surface area contributed by atoms with Crippen LogP contribution in [-0.2, 0) is 16.0 Å². The Bertz CT molecular complexity index is 605. The molecule has 0 bridgehead atoms. The smallest absolute Gasteiger partial charge is 0.220 e. The Morgan fingerprint density at radius 2 is 1.79 bits per heavy atom. The van der Waals surface area contributed by atoms with Gasteiger partial charge < -0.3 is 15.4 Å². The molecule has 2 rings (SSSR count). The summed E-state index contributed by atoms with van der Waals surface area (Å²) >= 11 is 0. The number of hydrogen-bond donors (Lipinski definition) is 2. The van der Waals surface area contributed by atoms with Crippen LogP contribution >= 0.6 is 12.4 Å². The summed E-state index contributed by atoms with van der Waals surface area (Å²) in [6.07, 6.45) is 3.46. The Labute approximate surface area is 175 Å². The fraction of sp³-hybridized carbons (Fsp3) is 0.636. The Morgan fingerprint density at radius 3 is 2.36 bits per heavy atom. The molecule has 1 heterocycles. The fourth-order valence-corrected chi connectivity index (χ4v) is 3.68. The topological polar surface area (TPSA) is 67.4 Å². The van der Waals surface area contributed by atoms with Crippen LogP contribution in [0.15, 0.2) is 24.3 Å². The highest BCUT2D eigenvalue weighted by atomic mass is 35.5. The lowest BCUT2D eigenvalue weighted by atomic mass is 9.79. The van der Waals surface area contributed by atoms with Crippen molar-refractivity contribution in [2.24, 2.45) is 11.3 Å². The van der Waals surface area contributed by atoms with E-state index < -0.39 is 0 Å². The number of nitrogens with one attached hydrogen (secondary N) is 2. The number of Topliss-reactive ketones (excluding diaryl/α,β-unsaturated/α-hetero) is 1. The molecule has 0 atom stereocenters. The lowest BCUT2D eigenvalue weighted by molar-refractivity contribution is -0.122. The Balaban J connectivity index is 0.00000392. The number of carbonyl (C=O) groups is 2. The molecule has 1 aliphatic rings. The van der Waals surface area contributed by atoms with E-state index in [1.165, 1.54) is 5.56 Å². The van der Waals surface area contributed by atoms with Crippen molar-refractivity contribution < 1.29 is 14.3 Å². The van der Waals surface area contributed by atoms with Crippen molar-refractivity contribution in [2.45, 2.75) is 46.0 Å². The molecule has 2 N–H and O–H groups in total. The van der Waals surface area contributed by atoms with Crippen LogP contribution in [0.1, 0.15) is 55.5 Å². The molecule has 0 radical (unpaired) electrons. The number of amides is 1. The van der Waals surface area contributed by atoms with E-state index in [1.54, 1.807) is 7.11 Å². The zero-order valence-electron chi connectivity index (χ0n) is 17.4. The van der Waals surface area contributed by atoms with E-state index in [0.29, 0.717) is 24.6 Å². The maximum absolute atomic E-state index is 12.3. The zero-order chi connectivity index (χ0) is 19.7.